The van der Waals surface area contributed by atoms with E-state index >= 15 is 0 Å². The van der Waals surface area contributed by atoms with Crippen LogP contribution in [0.25, 0.3) is 0 Å². The van der Waals surface area contributed by atoms with Gasteiger partial charge in [-0.2, -0.15) is 5.10 Å². The van der Waals surface area contributed by atoms with Crippen LogP contribution in [0.15, 0.2) is 6.07 Å². The highest BCUT2D eigenvalue weighted by molar-refractivity contribution is 5.92. The highest BCUT2D eigenvalue weighted by atomic mass is 16.2. The molecule has 0 bridgehead atoms. The minimum absolute atomic E-state index is 0.107. The van der Waals surface area contributed by atoms with Crippen LogP contribution in [0, 0.1) is 0 Å². The predicted octanol–water partition coefficient (Wildman–Crippen LogP) is 2.06. The van der Waals surface area contributed by atoms with Gasteiger partial charge in [-0.3, -0.25) is 9.89 Å². The Hall–Kier alpha value is -1.36. The minimum atomic E-state index is 0.107. The Balaban J connectivity index is 1.64. The summed E-state index contributed by atoms with van der Waals surface area (Å²) in [7, 11) is 0. The van der Waals surface area contributed by atoms with Gasteiger partial charge in [0.05, 0.1) is 0 Å². The molecule has 0 aliphatic carbocycles. The summed E-state index contributed by atoms with van der Waals surface area (Å²) in [5.41, 5.74) is 1.66. The first-order valence-electron chi connectivity index (χ1n) is 8.35. The third kappa shape index (κ3) is 3.28. The lowest BCUT2D eigenvalue weighted by molar-refractivity contribution is 0.0703. The number of rotatable bonds is 5. The topological polar surface area (TPSA) is 52.2 Å². The van der Waals surface area contributed by atoms with Crippen LogP contribution in [-0.2, 0) is 6.42 Å². The number of aromatic nitrogens is 2. The molecule has 116 valence electrons. The van der Waals surface area contributed by atoms with Crippen LogP contribution >= 0.6 is 0 Å². The molecule has 2 saturated heterocycles. The van der Waals surface area contributed by atoms with Crippen molar-refractivity contribution in [3.8, 4) is 0 Å². The van der Waals surface area contributed by atoms with Crippen LogP contribution in [0.1, 0.15) is 55.2 Å². The lowest BCUT2D eigenvalue weighted by Gasteiger charge is -2.28. The van der Waals surface area contributed by atoms with E-state index in [4.69, 9.17) is 0 Å². The second-order valence-electron chi connectivity index (χ2n) is 6.33. The summed E-state index contributed by atoms with van der Waals surface area (Å²) in [6.07, 6.45) is 6.89. The number of amides is 1. The van der Waals surface area contributed by atoms with Gasteiger partial charge in [0, 0.05) is 24.8 Å². The van der Waals surface area contributed by atoms with E-state index in [-0.39, 0.29) is 5.91 Å². The number of hydrogen-bond donors (Lipinski definition) is 1. The highest BCUT2D eigenvalue weighted by Crippen LogP contribution is 2.22. The average molecular weight is 290 g/mol. The summed E-state index contributed by atoms with van der Waals surface area (Å²) in [6, 6.07) is 2.30. The molecule has 21 heavy (non-hydrogen) atoms. The van der Waals surface area contributed by atoms with E-state index in [1.165, 1.54) is 25.9 Å². The Morgan fingerprint density at radius 2 is 2.14 bits per heavy atom. The largest absolute Gasteiger partial charge is 0.333 e. The van der Waals surface area contributed by atoms with Gasteiger partial charge < -0.3 is 9.80 Å². The van der Waals surface area contributed by atoms with E-state index in [0.29, 0.717) is 11.7 Å². The van der Waals surface area contributed by atoms with Crippen molar-refractivity contribution >= 4 is 5.91 Å². The van der Waals surface area contributed by atoms with Gasteiger partial charge in [-0.15, -0.1) is 0 Å². The number of nitrogens with one attached hydrogen (secondary N) is 1. The second-order valence-corrected chi connectivity index (χ2v) is 6.33. The smallest absolute Gasteiger partial charge is 0.274 e. The molecular formula is C16H26N4O. The normalized spacial score (nSPS) is 23.1. The molecule has 1 aromatic heterocycles. The number of likely N-dealkylation sites (tertiary alicyclic amines) is 2. The monoisotopic (exact) mass is 290 g/mol. The number of H-pyrrole nitrogens is 1. The Kier molecular flexibility index (Phi) is 4.58. The van der Waals surface area contributed by atoms with Crippen molar-refractivity contribution in [1.29, 1.82) is 0 Å². The van der Waals surface area contributed by atoms with Gasteiger partial charge in [-0.05, 0) is 51.3 Å². The Labute approximate surface area is 126 Å². The highest BCUT2D eigenvalue weighted by Gasteiger charge is 2.32. The molecule has 2 aliphatic heterocycles. The molecule has 0 radical (unpaired) electrons. The van der Waals surface area contributed by atoms with Crippen molar-refractivity contribution in [1.82, 2.24) is 20.0 Å². The number of aryl methyl sites for hydroxylation is 1. The van der Waals surface area contributed by atoms with Gasteiger partial charge >= 0.3 is 0 Å². The van der Waals surface area contributed by atoms with Gasteiger partial charge in [-0.1, -0.05) is 13.3 Å². The third-order valence-corrected chi connectivity index (χ3v) is 4.67. The first-order chi connectivity index (χ1) is 10.3. The zero-order chi connectivity index (χ0) is 14.7. The zero-order valence-electron chi connectivity index (χ0n) is 13.0. The van der Waals surface area contributed by atoms with Crippen LogP contribution in [-0.4, -0.2) is 58.1 Å². The SMILES string of the molecule is CCCc1cc(C(=O)N2CCC[C@H]2CN2CCCC2)n[nH]1. The first-order valence-corrected chi connectivity index (χ1v) is 8.35. The first kappa shape index (κ1) is 14.6. The van der Waals surface area contributed by atoms with Crippen LogP contribution in [0.5, 0.6) is 0 Å². The molecule has 1 aromatic rings. The Bertz CT molecular complexity index is 478. The number of carbonyl (C=O) groups excluding carboxylic acids is 1. The second kappa shape index (κ2) is 6.60. The summed E-state index contributed by atoms with van der Waals surface area (Å²) in [5.74, 6) is 0.107. The summed E-state index contributed by atoms with van der Waals surface area (Å²) >= 11 is 0. The van der Waals surface area contributed by atoms with Crippen LogP contribution in [0.2, 0.25) is 0 Å². The quantitative estimate of drug-likeness (QED) is 0.903. The van der Waals surface area contributed by atoms with Crippen molar-refractivity contribution in [3.63, 3.8) is 0 Å². The molecule has 3 rings (SSSR count). The third-order valence-electron chi connectivity index (χ3n) is 4.67. The van der Waals surface area contributed by atoms with E-state index in [2.05, 4.69) is 22.0 Å². The molecule has 0 saturated carbocycles. The van der Waals surface area contributed by atoms with E-state index in [0.717, 1.165) is 44.5 Å². The fourth-order valence-electron chi connectivity index (χ4n) is 3.57. The molecule has 3 heterocycles. The standard InChI is InChI=1S/C16H26N4O/c1-2-6-13-11-15(18-17-13)16(21)20-10-5-7-14(20)12-19-8-3-4-9-19/h11,14H,2-10,12H2,1H3,(H,17,18)/t14-/m0/s1. The van der Waals surface area contributed by atoms with E-state index in [9.17, 15) is 4.79 Å². The molecule has 2 aliphatic rings. The van der Waals surface area contributed by atoms with Crippen LogP contribution in [0.4, 0.5) is 0 Å². The van der Waals surface area contributed by atoms with E-state index < -0.39 is 0 Å². The maximum atomic E-state index is 12.7. The molecule has 1 atom stereocenters. The molecule has 0 spiro atoms. The lowest BCUT2D eigenvalue weighted by Crippen LogP contribution is -2.42. The summed E-state index contributed by atoms with van der Waals surface area (Å²) in [6.45, 7) is 6.45. The van der Waals surface area contributed by atoms with Crippen molar-refractivity contribution in [3.05, 3.63) is 17.5 Å². The zero-order valence-corrected chi connectivity index (χ0v) is 13.0. The van der Waals surface area contributed by atoms with Crippen molar-refractivity contribution < 1.29 is 4.79 Å². The summed E-state index contributed by atoms with van der Waals surface area (Å²) in [4.78, 5) is 17.2. The fourth-order valence-corrected chi connectivity index (χ4v) is 3.57. The van der Waals surface area contributed by atoms with Gasteiger partial charge in [-0.25, -0.2) is 0 Å². The van der Waals surface area contributed by atoms with Gasteiger partial charge in [0.15, 0.2) is 0 Å². The molecule has 5 nitrogen and oxygen atoms in total. The van der Waals surface area contributed by atoms with Gasteiger partial charge in [0.2, 0.25) is 0 Å². The van der Waals surface area contributed by atoms with E-state index in [1.54, 1.807) is 0 Å². The Morgan fingerprint density at radius 3 is 2.90 bits per heavy atom. The van der Waals surface area contributed by atoms with Gasteiger partial charge in [0.1, 0.15) is 5.69 Å². The van der Waals surface area contributed by atoms with Gasteiger partial charge in [0.25, 0.3) is 5.91 Å². The molecule has 0 unspecified atom stereocenters. The van der Waals surface area contributed by atoms with Crippen molar-refractivity contribution in [2.75, 3.05) is 26.2 Å². The number of aromatic amines is 1. The summed E-state index contributed by atoms with van der Waals surface area (Å²) in [5, 5.41) is 7.21. The van der Waals surface area contributed by atoms with Crippen LogP contribution < -0.4 is 0 Å². The predicted molar refractivity (Wildman–Crippen MR) is 82.3 cm³/mol. The molecular weight excluding hydrogens is 264 g/mol. The van der Waals surface area contributed by atoms with Crippen molar-refractivity contribution in [2.45, 2.75) is 51.5 Å². The molecule has 1 amide bonds. The summed E-state index contributed by atoms with van der Waals surface area (Å²) < 4.78 is 0. The molecule has 0 aromatic carbocycles. The molecule has 1 N–H and O–H groups in total. The Morgan fingerprint density at radius 1 is 1.33 bits per heavy atom. The number of carbonyl (C=O) groups is 1. The van der Waals surface area contributed by atoms with Crippen LogP contribution in [0.3, 0.4) is 0 Å². The molecule has 2 fully saturated rings. The number of nitrogens with zero attached hydrogens (tertiary/aromatic N) is 3. The molecule has 5 heteroatoms. The lowest BCUT2D eigenvalue weighted by atomic mass is 10.2. The minimum Gasteiger partial charge on any atom is -0.333 e. The fraction of sp³-hybridized carbons (Fsp3) is 0.750. The van der Waals surface area contributed by atoms with Crippen molar-refractivity contribution in [2.24, 2.45) is 0 Å². The average Bonchev–Trinajstić information content (AvgIpc) is 3.20. The maximum absolute atomic E-state index is 12.7. The maximum Gasteiger partial charge on any atom is 0.274 e. The number of hydrogen-bond acceptors (Lipinski definition) is 3. The van der Waals surface area contributed by atoms with E-state index in [1.807, 2.05) is 11.0 Å².